The van der Waals surface area contributed by atoms with Crippen molar-refractivity contribution in [1.29, 1.82) is 0 Å². The minimum Gasteiger partial charge on any atom is -0.276 e. The van der Waals surface area contributed by atoms with Crippen LogP contribution >= 0.6 is 0 Å². The Bertz CT molecular complexity index is 1080. The number of carbonyl (C=O) groups is 4. The predicted molar refractivity (Wildman–Crippen MR) is 105 cm³/mol. The van der Waals surface area contributed by atoms with Gasteiger partial charge >= 0.3 is 6.03 Å². The second kappa shape index (κ2) is 8.31. The number of aryl methyl sites for hydroxylation is 1. The molecule has 0 saturated carbocycles. The Hall–Kier alpha value is -4.41. The van der Waals surface area contributed by atoms with Crippen molar-refractivity contribution in [2.75, 3.05) is 4.90 Å². The molecule has 2 aromatic rings. The van der Waals surface area contributed by atoms with Gasteiger partial charge < -0.3 is 0 Å². The van der Waals surface area contributed by atoms with Crippen LogP contribution in [-0.4, -0.2) is 34.9 Å². The number of carbonyl (C=O) groups excluding carboxylic acids is 4. The third-order valence-corrected chi connectivity index (χ3v) is 4.29. The third-order valence-electron chi connectivity index (χ3n) is 4.29. The molecule has 3 rings (SSSR count). The first-order valence-corrected chi connectivity index (χ1v) is 8.62. The summed E-state index contributed by atoms with van der Waals surface area (Å²) in [7, 11) is 0. The first-order chi connectivity index (χ1) is 14.3. The number of barbiturate groups is 1. The number of para-hydroxylation sites is 1. The fourth-order valence-corrected chi connectivity index (χ4v) is 2.73. The van der Waals surface area contributed by atoms with E-state index in [4.69, 9.17) is 0 Å². The van der Waals surface area contributed by atoms with Gasteiger partial charge in [0.05, 0.1) is 10.6 Å². The van der Waals surface area contributed by atoms with Gasteiger partial charge in [0.25, 0.3) is 17.5 Å². The van der Waals surface area contributed by atoms with E-state index in [0.717, 1.165) is 23.2 Å². The molecule has 152 valence electrons. The molecule has 2 aromatic carbocycles. The van der Waals surface area contributed by atoms with Gasteiger partial charge in [0.2, 0.25) is 5.91 Å². The minimum atomic E-state index is -1.43. The molecule has 11 heteroatoms. The van der Waals surface area contributed by atoms with Crippen LogP contribution in [0.4, 0.5) is 16.2 Å². The smallest absolute Gasteiger partial charge is 0.276 e. The van der Waals surface area contributed by atoms with Crippen LogP contribution in [0.1, 0.15) is 15.9 Å². The Morgan fingerprint density at radius 2 is 1.83 bits per heavy atom. The Labute approximate surface area is 169 Å². The van der Waals surface area contributed by atoms with Crippen LogP contribution < -0.4 is 15.6 Å². The topological polar surface area (TPSA) is 151 Å². The van der Waals surface area contributed by atoms with Crippen LogP contribution in [0.15, 0.2) is 53.6 Å². The first-order valence-electron chi connectivity index (χ1n) is 8.62. The van der Waals surface area contributed by atoms with Crippen molar-refractivity contribution in [1.82, 2.24) is 10.7 Å². The van der Waals surface area contributed by atoms with E-state index < -0.39 is 34.6 Å². The number of hydrazone groups is 1. The monoisotopic (exact) mass is 409 g/mol. The maximum atomic E-state index is 12.7. The summed E-state index contributed by atoms with van der Waals surface area (Å²) >= 11 is 0. The lowest BCUT2D eigenvalue weighted by Gasteiger charge is -2.29. The number of nitrogens with zero attached hydrogens (tertiary/aromatic N) is 3. The van der Waals surface area contributed by atoms with Crippen molar-refractivity contribution in [2.24, 2.45) is 11.0 Å². The van der Waals surface area contributed by atoms with Crippen LogP contribution in [0.2, 0.25) is 0 Å². The molecule has 2 N–H and O–H groups in total. The van der Waals surface area contributed by atoms with Crippen LogP contribution in [-0.2, 0) is 9.59 Å². The molecule has 0 radical (unpaired) electrons. The molecule has 0 spiro atoms. The van der Waals surface area contributed by atoms with E-state index in [1.54, 1.807) is 31.2 Å². The first kappa shape index (κ1) is 20.3. The molecular formula is C19H15N5O6. The zero-order valence-corrected chi connectivity index (χ0v) is 15.6. The van der Waals surface area contributed by atoms with Crippen LogP contribution in [0.3, 0.4) is 0 Å². The van der Waals surface area contributed by atoms with E-state index in [2.05, 4.69) is 15.8 Å². The van der Waals surface area contributed by atoms with Crippen molar-refractivity contribution >= 4 is 41.3 Å². The number of nitro groups is 1. The lowest BCUT2D eigenvalue weighted by atomic mass is 10.0. The fraction of sp³-hybridized carbons (Fsp3) is 0.105. The molecule has 0 aliphatic carbocycles. The van der Waals surface area contributed by atoms with Crippen LogP contribution in [0, 0.1) is 23.0 Å². The number of hydrogen-bond donors (Lipinski definition) is 2. The van der Waals surface area contributed by atoms with E-state index in [1.807, 2.05) is 0 Å². The summed E-state index contributed by atoms with van der Waals surface area (Å²) in [6, 6.07) is 10.6. The van der Waals surface area contributed by atoms with E-state index in [1.165, 1.54) is 12.1 Å². The molecular weight excluding hydrogens is 394 g/mol. The highest BCUT2D eigenvalue weighted by Gasteiger charge is 2.40. The second-order valence-corrected chi connectivity index (χ2v) is 6.26. The summed E-state index contributed by atoms with van der Waals surface area (Å²) in [4.78, 5) is 59.9. The number of non-ortho nitro benzene ring substituents is 1. The zero-order valence-electron chi connectivity index (χ0n) is 15.6. The van der Waals surface area contributed by atoms with Gasteiger partial charge in [-0.05, 0) is 30.7 Å². The van der Waals surface area contributed by atoms with Crippen molar-refractivity contribution in [3.05, 3.63) is 69.8 Å². The number of nitrogens with one attached hydrogen (secondary N) is 2. The number of urea groups is 1. The van der Waals surface area contributed by atoms with Gasteiger partial charge in [0, 0.05) is 23.9 Å². The highest BCUT2D eigenvalue weighted by Crippen LogP contribution is 2.23. The van der Waals surface area contributed by atoms with Gasteiger partial charge in [0.15, 0.2) is 5.92 Å². The number of anilines is 1. The van der Waals surface area contributed by atoms with Gasteiger partial charge in [0.1, 0.15) is 0 Å². The molecule has 30 heavy (non-hydrogen) atoms. The Balaban J connectivity index is 1.74. The van der Waals surface area contributed by atoms with Gasteiger partial charge in [-0.3, -0.25) is 29.8 Å². The molecule has 1 fully saturated rings. The maximum absolute atomic E-state index is 12.7. The number of nitro benzene ring substituents is 1. The molecule has 0 unspecified atom stereocenters. The summed E-state index contributed by atoms with van der Waals surface area (Å²) in [5, 5.41) is 16.4. The molecule has 0 aromatic heterocycles. The third kappa shape index (κ3) is 4.04. The number of rotatable bonds is 5. The van der Waals surface area contributed by atoms with E-state index >= 15 is 0 Å². The second-order valence-electron chi connectivity index (χ2n) is 6.26. The number of imide groups is 2. The van der Waals surface area contributed by atoms with Gasteiger partial charge in [-0.25, -0.2) is 15.1 Å². The highest BCUT2D eigenvalue weighted by molar-refractivity contribution is 6.32. The average molecular weight is 409 g/mol. The summed E-state index contributed by atoms with van der Waals surface area (Å²) in [5.41, 5.74) is 3.02. The Morgan fingerprint density at radius 3 is 2.47 bits per heavy atom. The summed E-state index contributed by atoms with van der Waals surface area (Å²) in [6.45, 7) is 1.71. The molecule has 1 heterocycles. The van der Waals surface area contributed by atoms with Gasteiger partial charge in [-0.15, -0.1) is 0 Å². The zero-order chi connectivity index (χ0) is 21.8. The standard InChI is InChI=1S/C19H15N5O6/c1-11-4-2-3-5-15(11)23-18(27)14(17(26)21-19(23)28)10-20-22-16(25)12-6-8-13(9-7-12)24(29)30/h2-10,14H,1H3,(H,22,25)(H,21,26,28)/b20-10-/t14-/m0/s1. The lowest BCUT2D eigenvalue weighted by Crippen LogP contribution is -2.59. The molecule has 1 saturated heterocycles. The molecule has 1 aliphatic rings. The van der Waals surface area contributed by atoms with Crippen molar-refractivity contribution < 1.29 is 24.1 Å². The minimum absolute atomic E-state index is 0.0916. The molecule has 1 aliphatic heterocycles. The largest absolute Gasteiger partial charge is 0.335 e. The molecule has 11 nitrogen and oxygen atoms in total. The molecule has 1 atom stereocenters. The fourth-order valence-electron chi connectivity index (χ4n) is 2.73. The molecule has 0 bridgehead atoms. The van der Waals surface area contributed by atoms with E-state index in [9.17, 15) is 29.3 Å². The predicted octanol–water partition coefficient (Wildman–Crippen LogP) is 1.52. The van der Waals surface area contributed by atoms with Crippen molar-refractivity contribution in [3.8, 4) is 0 Å². The number of hydrogen-bond acceptors (Lipinski definition) is 7. The maximum Gasteiger partial charge on any atom is 0.335 e. The van der Waals surface area contributed by atoms with Crippen LogP contribution in [0.25, 0.3) is 0 Å². The van der Waals surface area contributed by atoms with Gasteiger partial charge in [-0.1, -0.05) is 18.2 Å². The Kier molecular flexibility index (Phi) is 5.63. The summed E-state index contributed by atoms with van der Waals surface area (Å²) < 4.78 is 0. The normalized spacial score (nSPS) is 16.5. The SMILES string of the molecule is Cc1ccccc1N1C(=O)NC(=O)[C@H](/C=N\NC(=O)c2ccc([N+](=O)[O-])cc2)C1=O. The highest BCUT2D eigenvalue weighted by atomic mass is 16.6. The average Bonchev–Trinajstić information content (AvgIpc) is 2.71. The summed E-state index contributed by atoms with van der Waals surface area (Å²) in [6.07, 6.45) is 0.915. The lowest BCUT2D eigenvalue weighted by molar-refractivity contribution is -0.384. The Morgan fingerprint density at radius 1 is 1.17 bits per heavy atom. The van der Waals surface area contributed by atoms with Gasteiger partial charge in [-0.2, -0.15) is 5.10 Å². The quantitative estimate of drug-likeness (QED) is 0.331. The molecule has 5 amide bonds. The van der Waals surface area contributed by atoms with E-state index in [-0.39, 0.29) is 11.3 Å². The summed E-state index contributed by atoms with van der Waals surface area (Å²) in [5.74, 6) is -3.81. The van der Waals surface area contributed by atoms with Crippen molar-refractivity contribution in [3.63, 3.8) is 0 Å². The van der Waals surface area contributed by atoms with Crippen molar-refractivity contribution in [2.45, 2.75) is 6.92 Å². The number of benzene rings is 2. The van der Waals surface area contributed by atoms with E-state index in [0.29, 0.717) is 11.3 Å². The number of amides is 5. The van der Waals surface area contributed by atoms with Crippen LogP contribution in [0.5, 0.6) is 0 Å².